The highest BCUT2D eigenvalue weighted by Gasteiger charge is 2.34. The lowest BCUT2D eigenvalue weighted by Gasteiger charge is -2.27. The first kappa shape index (κ1) is 16.4. The van der Waals surface area contributed by atoms with Crippen LogP contribution in [0.15, 0.2) is 53.4 Å². The van der Waals surface area contributed by atoms with Crippen molar-refractivity contribution in [1.29, 1.82) is 0 Å². The van der Waals surface area contributed by atoms with Gasteiger partial charge in [0.1, 0.15) is 0 Å². The first-order valence-electron chi connectivity index (χ1n) is 7.93. The lowest BCUT2D eigenvalue weighted by molar-refractivity contribution is -0.118. The maximum Gasteiger partial charge on any atom is 0.240 e. The van der Waals surface area contributed by atoms with Crippen molar-refractivity contribution in [1.82, 2.24) is 0 Å². The second-order valence-corrected chi connectivity index (χ2v) is 7.57. The highest BCUT2D eigenvalue weighted by molar-refractivity contribution is 8.00. The lowest BCUT2D eigenvalue weighted by Crippen LogP contribution is -2.41. The van der Waals surface area contributed by atoms with Crippen LogP contribution < -0.4 is 4.90 Å². The van der Waals surface area contributed by atoms with Crippen molar-refractivity contribution < 1.29 is 4.79 Å². The number of thioether (sulfide) groups is 1. The highest BCUT2D eigenvalue weighted by Crippen LogP contribution is 2.35. The fraction of sp³-hybridized carbons (Fsp3) is 0.316. The SMILES string of the molecule is CC[C@H](Sc1ccc(Cl)cc1)C(=O)N1c2ccccc2C[C@H]1C. The second-order valence-electron chi connectivity index (χ2n) is 5.86. The highest BCUT2D eigenvalue weighted by atomic mass is 35.5. The van der Waals surface area contributed by atoms with Crippen LogP contribution in [0.3, 0.4) is 0 Å². The molecule has 0 fully saturated rings. The van der Waals surface area contributed by atoms with E-state index in [2.05, 4.69) is 26.0 Å². The molecule has 120 valence electrons. The monoisotopic (exact) mass is 345 g/mol. The van der Waals surface area contributed by atoms with Gasteiger partial charge in [-0.25, -0.2) is 0 Å². The Balaban J connectivity index is 1.81. The Hall–Kier alpha value is -1.45. The first-order valence-corrected chi connectivity index (χ1v) is 9.19. The van der Waals surface area contributed by atoms with E-state index in [4.69, 9.17) is 11.6 Å². The molecule has 1 aliphatic heterocycles. The fourth-order valence-corrected chi connectivity index (χ4v) is 4.17. The smallest absolute Gasteiger partial charge is 0.240 e. The summed E-state index contributed by atoms with van der Waals surface area (Å²) < 4.78 is 0. The topological polar surface area (TPSA) is 20.3 Å². The average Bonchev–Trinajstić information content (AvgIpc) is 2.89. The molecule has 0 bridgehead atoms. The molecule has 0 saturated carbocycles. The Labute approximate surface area is 146 Å². The van der Waals surface area contributed by atoms with Crippen LogP contribution >= 0.6 is 23.4 Å². The van der Waals surface area contributed by atoms with E-state index in [9.17, 15) is 4.79 Å². The maximum absolute atomic E-state index is 13.1. The Bertz CT molecular complexity index is 701. The number of hydrogen-bond donors (Lipinski definition) is 0. The van der Waals surface area contributed by atoms with Gasteiger partial charge in [-0.15, -0.1) is 11.8 Å². The molecular weight excluding hydrogens is 326 g/mol. The molecule has 0 aromatic heterocycles. The average molecular weight is 346 g/mol. The molecule has 1 amide bonds. The van der Waals surface area contributed by atoms with Gasteiger partial charge in [0.05, 0.1) is 5.25 Å². The summed E-state index contributed by atoms with van der Waals surface area (Å²) in [4.78, 5) is 16.2. The van der Waals surface area contributed by atoms with Gasteiger partial charge in [-0.1, -0.05) is 36.7 Å². The molecular formula is C19H20ClNOS. The van der Waals surface area contributed by atoms with Crippen molar-refractivity contribution in [3.63, 3.8) is 0 Å². The molecule has 0 N–H and O–H groups in total. The minimum absolute atomic E-state index is 0.0789. The van der Waals surface area contributed by atoms with Crippen LogP contribution in [-0.4, -0.2) is 17.2 Å². The number of para-hydroxylation sites is 1. The predicted octanol–water partition coefficient (Wildman–Crippen LogP) is 5.19. The molecule has 0 radical (unpaired) electrons. The summed E-state index contributed by atoms with van der Waals surface area (Å²) in [5, 5.41) is 0.639. The number of benzene rings is 2. The number of anilines is 1. The predicted molar refractivity (Wildman–Crippen MR) is 98.5 cm³/mol. The Morgan fingerprint density at radius 3 is 2.65 bits per heavy atom. The summed E-state index contributed by atoms with van der Waals surface area (Å²) in [6, 6.07) is 16.1. The summed E-state index contributed by atoms with van der Waals surface area (Å²) in [5.74, 6) is 0.199. The van der Waals surface area contributed by atoms with Crippen LogP contribution in [0, 0.1) is 0 Å². The summed E-state index contributed by atoms with van der Waals surface area (Å²) in [7, 11) is 0. The molecule has 2 atom stereocenters. The van der Waals surface area contributed by atoms with Gasteiger partial charge < -0.3 is 4.90 Å². The molecule has 1 heterocycles. The van der Waals surface area contributed by atoms with Crippen molar-refractivity contribution in [3.8, 4) is 0 Å². The molecule has 0 saturated heterocycles. The molecule has 4 heteroatoms. The Kier molecular flexibility index (Phi) is 4.98. The molecule has 1 aliphatic rings. The zero-order chi connectivity index (χ0) is 16.4. The van der Waals surface area contributed by atoms with E-state index in [1.807, 2.05) is 41.3 Å². The number of amides is 1. The van der Waals surface area contributed by atoms with E-state index >= 15 is 0 Å². The van der Waals surface area contributed by atoms with Crippen LogP contribution in [-0.2, 0) is 11.2 Å². The third kappa shape index (κ3) is 3.41. The van der Waals surface area contributed by atoms with E-state index in [0.717, 1.165) is 28.4 Å². The van der Waals surface area contributed by atoms with Gasteiger partial charge in [-0.05, 0) is 55.7 Å². The van der Waals surface area contributed by atoms with Crippen LogP contribution in [0.4, 0.5) is 5.69 Å². The molecule has 2 aromatic carbocycles. The van der Waals surface area contributed by atoms with E-state index in [1.165, 1.54) is 5.56 Å². The number of hydrogen-bond acceptors (Lipinski definition) is 2. The van der Waals surface area contributed by atoms with Gasteiger partial charge in [0.15, 0.2) is 0 Å². The van der Waals surface area contributed by atoms with Crippen molar-refractivity contribution >= 4 is 35.0 Å². The minimum Gasteiger partial charge on any atom is -0.308 e. The number of carbonyl (C=O) groups excluding carboxylic acids is 1. The van der Waals surface area contributed by atoms with Crippen LogP contribution in [0.25, 0.3) is 0 Å². The van der Waals surface area contributed by atoms with E-state index in [0.29, 0.717) is 0 Å². The van der Waals surface area contributed by atoms with Gasteiger partial charge in [-0.3, -0.25) is 4.79 Å². The van der Waals surface area contributed by atoms with E-state index in [-0.39, 0.29) is 17.2 Å². The van der Waals surface area contributed by atoms with Crippen LogP contribution in [0.5, 0.6) is 0 Å². The fourth-order valence-electron chi connectivity index (χ4n) is 3.04. The quantitative estimate of drug-likeness (QED) is 0.711. The molecule has 2 aromatic rings. The lowest BCUT2D eigenvalue weighted by atomic mass is 10.1. The summed E-state index contributed by atoms with van der Waals surface area (Å²) in [5.41, 5.74) is 2.33. The number of nitrogens with zero attached hydrogens (tertiary/aromatic N) is 1. The van der Waals surface area contributed by atoms with Crippen LogP contribution in [0.1, 0.15) is 25.8 Å². The van der Waals surface area contributed by atoms with Gasteiger partial charge in [0.2, 0.25) is 5.91 Å². The summed E-state index contributed by atoms with van der Waals surface area (Å²) in [6.45, 7) is 4.19. The van der Waals surface area contributed by atoms with Crippen molar-refractivity contribution in [2.24, 2.45) is 0 Å². The van der Waals surface area contributed by atoms with Gasteiger partial charge in [-0.2, -0.15) is 0 Å². The number of halogens is 1. The molecule has 0 unspecified atom stereocenters. The molecule has 0 spiro atoms. The minimum atomic E-state index is -0.0789. The molecule has 23 heavy (non-hydrogen) atoms. The van der Waals surface area contributed by atoms with E-state index in [1.54, 1.807) is 11.8 Å². The normalized spacial score (nSPS) is 17.9. The van der Waals surface area contributed by atoms with Crippen LogP contribution in [0.2, 0.25) is 5.02 Å². The number of rotatable bonds is 4. The maximum atomic E-state index is 13.1. The van der Waals surface area contributed by atoms with Gasteiger partial charge in [0, 0.05) is 21.6 Å². The first-order chi connectivity index (χ1) is 11.1. The third-order valence-corrected chi connectivity index (χ3v) is 5.80. The zero-order valence-electron chi connectivity index (χ0n) is 13.3. The van der Waals surface area contributed by atoms with Gasteiger partial charge in [0.25, 0.3) is 0 Å². The van der Waals surface area contributed by atoms with Crippen molar-refractivity contribution in [3.05, 3.63) is 59.1 Å². The molecule has 2 nitrogen and oxygen atoms in total. The Morgan fingerprint density at radius 1 is 1.26 bits per heavy atom. The molecule has 0 aliphatic carbocycles. The number of carbonyl (C=O) groups is 1. The Morgan fingerprint density at radius 2 is 1.96 bits per heavy atom. The summed E-state index contributed by atoms with van der Waals surface area (Å²) in [6.07, 6.45) is 1.74. The number of fused-ring (bicyclic) bond motifs is 1. The van der Waals surface area contributed by atoms with Crippen molar-refractivity contribution in [2.75, 3.05) is 4.90 Å². The standard InChI is InChI=1S/C19H20ClNOS/c1-3-18(23-16-10-8-15(20)9-11-16)19(22)21-13(2)12-14-6-4-5-7-17(14)21/h4-11,13,18H,3,12H2,1-2H3/t13-,18+/m1/s1. The van der Waals surface area contributed by atoms with E-state index < -0.39 is 0 Å². The largest absolute Gasteiger partial charge is 0.308 e. The zero-order valence-corrected chi connectivity index (χ0v) is 14.9. The van der Waals surface area contributed by atoms with Crippen molar-refractivity contribution in [2.45, 2.75) is 42.9 Å². The van der Waals surface area contributed by atoms with Gasteiger partial charge >= 0.3 is 0 Å². The summed E-state index contributed by atoms with van der Waals surface area (Å²) >= 11 is 7.56. The second kappa shape index (κ2) is 6.98. The molecule has 3 rings (SSSR count). The third-order valence-electron chi connectivity index (χ3n) is 4.18.